The van der Waals surface area contributed by atoms with Gasteiger partial charge in [0.15, 0.2) is 11.5 Å². The zero-order valence-electron chi connectivity index (χ0n) is 23.4. The number of nitrogens with zero attached hydrogens (tertiary/aromatic N) is 5. The Morgan fingerprint density at radius 2 is 1.98 bits per heavy atom. The lowest BCUT2D eigenvalue weighted by molar-refractivity contribution is -0.108. The Kier molecular flexibility index (Phi) is 9.28. The molecule has 1 aliphatic heterocycles. The van der Waals surface area contributed by atoms with E-state index >= 15 is 0 Å². The number of aromatic nitrogens is 3. The number of ether oxygens (including phenoxy) is 2. The topological polar surface area (TPSA) is 159 Å². The molecule has 220 valence electrons. The molecule has 2 amide bonds. The first-order chi connectivity index (χ1) is 19.6. The molecule has 1 aromatic carbocycles. The smallest absolute Gasteiger partial charge is 0.420 e. The molecule has 3 N–H and O–H groups in total. The Hall–Kier alpha value is -4.39. The van der Waals surface area contributed by atoms with Crippen LogP contribution >= 0.6 is 0 Å². The predicted molar refractivity (Wildman–Crippen MR) is 151 cm³/mol. The van der Waals surface area contributed by atoms with E-state index in [2.05, 4.69) is 10.4 Å². The molecule has 1 atom stereocenters. The van der Waals surface area contributed by atoms with E-state index in [4.69, 9.17) is 14.5 Å². The summed E-state index contributed by atoms with van der Waals surface area (Å²) in [5.41, 5.74) is 0.583. The second kappa shape index (κ2) is 12.9. The van der Waals surface area contributed by atoms with E-state index in [1.54, 1.807) is 57.3 Å². The number of aldehydes is 1. The van der Waals surface area contributed by atoms with Crippen LogP contribution in [0.3, 0.4) is 0 Å². The average molecular weight is 569 g/mol. The van der Waals surface area contributed by atoms with E-state index in [0.29, 0.717) is 47.2 Å². The normalized spacial score (nSPS) is 15.4. The summed E-state index contributed by atoms with van der Waals surface area (Å²) in [5, 5.41) is 27.4. The Labute approximate surface area is 237 Å². The molecule has 0 bridgehead atoms. The highest BCUT2D eigenvalue weighted by molar-refractivity contribution is 5.97. The number of rotatable bonds is 10. The highest BCUT2D eigenvalue weighted by atomic mass is 16.6. The molecule has 3 heterocycles. The molecule has 13 heteroatoms. The molecule has 2 aromatic heterocycles. The molecule has 1 aliphatic rings. The van der Waals surface area contributed by atoms with E-state index in [1.807, 2.05) is 0 Å². The van der Waals surface area contributed by atoms with Crippen molar-refractivity contribution in [2.24, 2.45) is 0 Å². The van der Waals surface area contributed by atoms with Crippen molar-refractivity contribution in [1.29, 1.82) is 0 Å². The van der Waals surface area contributed by atoms with Gasteiger partial charge in [-0.3, -0.25) is 0 Å². The highest BCUT2D eigenvalue weighted by Gasteiger charge is 2.32. The maximum atomic E-state index is 13.8. The predicted octanol–water partition coefficient (Wildman–Crippen LogP) is 3.86. The molecular weight excluding hydrogens is 532 g/mol. The minimum absolute atomic E-state index is 0.127. The minimum Gasteiger partial charge on any atom is -0.493 e. The Morgan fingerprint density at radius 1 is 1.22 bits per heavy atom. The number of aliphatic hydroxyl groups excluding tert-OH is 1. The van der Waals surface area contributed by atoms with Crippen LogP contribution in [-0.4, -0.2) is 86.1 Å². The molecule has 0 spiro atoms. The van der Waals surface area contributed by atoms with Crippen molar-refractivity contribution in [3.8, 4) is 5.75 Å². The number of benzene rings is 1. The van der Waals surface area contributed by atoms with E-state index in [9.17, 15) is 24.6 Å². The standard InChI is InChI=1S/C28H36N6O7/c1-28(2,3)41-27(39)33(20-7-9-21(10-8-20)40-17-5-15-35)25-22(12-16-36)24(31-23-11-13-29-34(23)25)30-19-6-4-14-32(18-19)26(37)38/h7-11,13,15,19,36H,4-6,12,14,16-18H2,1-3H3,(H,30,31)(H,37,38)/t19-/m0/s1. The van der Waals surface area contributed by atoms with Crippen LogP contribution in [0.5, 0.6) is 5.75 Å². The lowest BCUT2D eigenvalue weighted by atomic mass is 10.1. The molecule has 41 heavy (non-hydrogen) atoms. The summed E-state index contributed by atoms with van der Waals surface area (Å²) in [5.74, 6) is 1.27. The maximum Gasteiger partial charge on any atom is 0.420 e. The van der Waals surface area contributed by atoms with E-state index in [0.717, 1.165) is 12.7 Å². The molecule has 0 aliphatic carbocycles. The van der Waals surface area contributed by atoms with Gasteiger partial charge in [0.1, 0.15) is 23.5 Å². The third-order valence-corrected chi connectivity index (χ3v) is 6.39. The van der Waals surface area contributed by atoms with Crippen molar-refractivity contribution in [2.75, 3.05) is 36.5 Å². The number of nitrogens with one attached hydrogen (secondary N) is 1. The largest absolute Gasteiger partial charge is 0.493 e. The summed E-state index contributed by atoms with van der Waals surface area (Å²) >= 11 is 0. The molecule has 3 aromatic rings. The van der Waals surface area contributed by atoms with E-state index in [-0.39, 0.29) is 38.6 Å². The summed E-state index contributed by atoms with van der Waals surface area (Å²) in [4.78, 5) is 43.5. The van der Waals surface area contributed by atoms with Crippen LogP contribution in [0.2, 0.25) is 0 Å². The quantitative estimate of drug-likeness (QED) is 0.242. The first-order valence-electron chi connectivity index (χ1n) is 13.5. The third-order valence-electron chi connectivity index (χ3n) is 6.39. The number of carboxylic acid groups (broad SMARTS) is 1. The SMILES string of the molecule is CC(C)(C)OC(=O)N(c1ccc(OCCC=O)cc1)c1c(CCO)c(N[C@H]2CCCN(C(=O)O)C2)nc2ccnn12. The fourth-order valence-electron chi connectivity index (χ4n) is 4.65. The molecule has 13 nitrogen and oxygen atoms in total. The van der Waals surface area contributed by atoms with Gasteiger partial charge in [0, 0.05) is 50.2 Å². The molecule has 0 radical (unpaired) electrons. The van der Waals surface area contributed by atoms with Crippen molar-refractivity contribution < 1.29 is 34.1 Å². The zero-order chi connectivity index (χ0) is 29.6. The van der Waals surface area contributed by atoms with Crippen LogP contribution in [-0.2, 0) is 16.0 Å². The fourth-order valence-corrected chi connectivity index (χ4v) is 4.65. The van der Waals surface area contributed by atoms with Crippen molar-refractivity contribution in [1.82, 2.24) is 19.5 Å². The summed E-state index contributed by atoms with van der Waals surface area (Å²) in [6.45, 7) is 6.02. The number of likely N-dealkylation sites (tertiary alicyclic amines) is 1. The van der Waals surface area contributed by atoms with Gasteiger partial charge in [-0.15, -0.1) is 0 Å². The van der Waals surface area contributed by atoms with Gasteiger partial charge in [-0.25, -0.2) is 19.5 Å². The number of fused-ring (bicyclic) bond motifs is 1. The lowest BCUT2D eigenvalue weighted by Crippen LogP contribution is -2.44. The number of piperidine rings is 1. The highest BCUT2D eigenvalue weighted by Crippen LogP contribution is 2.36. The first kappa shape index (κ1) is 29.6. The second-order valence-electron chi connectivity index (χ2n) is 10.7. The van der Waals surface area contributed by atoms with Crippen molar-refractivity contribution in [3.63, 3.8) is 0 Å². The molecular formula is C28H36N6O7. The van der Waals surface area contributed by atoms with Crippen molar-refractivity contribution in [3.05, 3.63) is 42.1 Å². The van der Waals surface area contributed by atoms with Crippen LogP contribution in [0, 0.1) is 0 Å². The van der Waals surface area contributed by atoms with Gasteiger partial charge < -0.3 is 34.7 Å². The number of carbonyl (C=O) groups is 3. The van der Waals surface area contributed by atoms with Gasteiger partial charge in [0.25, 0.3) is 0 Å². The number of hydrogen-bond acceptors (Lipinski definition) is 9. The number of amides is 2. The third kappa shape index (κ3) is 7.23. The van der Waals surface area contributed by atoms with Crippen LogP contribution in [0.25, 0.3) is 5.65 Å². The van der Waals surface area contributed by atoms with Crippen LogP contribution in [0.1, 0.15) is 45.6 Å². The van der Waals surface area contributed by atoms with Gasteiger partial charge in [-0.05, 0) is 57.9 Å². The molecule has 0 unspecified atom stereocenters. The molecule has 1 saturated heterocycles. The second-order valence-corrected chi connectivity index (χ2v) is 10.7. The van der Waals surface area contributed by atoms with Crippen LogP contribution in [0.4, 0.5) is 26.9 Å². The van der Waals surface area contributed by atoms with Crippen molar-refractivity contribution in [2.45, 2.75) is 58.1 Å². The van der Waals surface area contributed by atoms with Crippen molar-refractivity contribution >= 4 is 41.4 Å². The number of hydrogen-bond donors (Lipinski definition) is 3. The van der Waals surface area contributed by atoms with Gasteiger partial charge in [-0.2, -0.15) is 9.61 Å². The molecule has 0 saturated carbocycles. The monoisotopic (exact) mass is 568 g/mol. The Bertz CT molecular complexity index is 1370. The minimum atomic E-state index is -0.985. The summed E-state index contributed by atoms with van der Waals surface area (Å²) in [7, 11) is 0. The average Bonchev–Trinajstić information content (AvgIpc) is 3.39. The first-order valence-corrected chi connectivity index (χ1v) is 13.5. The number of aliphatic hydroxyl groups is 1. The zero-order valence-corrected chi connectivity index (χ0v) is 23.4. The van der Waals surface area contributed by atoms with Crippen LogP contribution in [0.15, 0.2) is 36.5 Å². The summed E-state index contributed by atoms with van der Waals surface area (Å²) in [6.07, 6.45) is 2.47. The van der Waals surface area contributed by atoms with Gasteiger partial charge in [-0.1, -0.05) is 0 Å². The Morgan fingerprint density at radius 3 is 2.63 bits per heavy atom. The summed E-state index contributed by atoms with van der Waals surface area (Å²) < 4.78 is 12.9. The van der Waals surface area contributed by atoms with E-state index < -0.39 is 17.8 Å². The number of anilines is 3. The molecule has 4 rings (SSSR count). The van der Waals surface area contributed by atoms with E-state index in [1.165, 1.54) is 14.3 Å². The Balaban J connectivity index is 1.82. The van der Waals surface area contributed by atoms with Gasteiger partial charge in [0.2, 0.25) is 0 Å². The fraction of sp³-hybridized carbons (Fsp3) is 0.464. The van der Waals surface area contributed by atoms with Gasteiger partial charge >= 0.3 is 12.2 Å². The maximum absolute atomic E-state index is 13.8. The summed E-state index contributed by atoms with van der Waals surface area (Å²) in [6, 6.07) is 8.23. The van der Waals surface area contributed by atoms with Gasteiger partial charge in [0.05, 0.1) is 18.5 Å². The lowest BCUT2D eigenvalue weighted by Gasteiger charge is -2.33. The van der Waals surface area contributed by atoms with Crippen LogP contribution < -0.4 is 15.0 Å². The number of carbonyl (C=O) groups excluding carboxylic acids is 2. The molecule has 1 fully saturated rings.